The Bertz CT molecular complexity index is 244. The van der Waals surface area contributed by atoms with Crippen LogP contribution in [0.1, 0.15) is 18.7 Å². The molecule has 0 amide bonds. The molecule has 0 bridgehead atoms. The predicted octanol–water partition coefficient (Wildman–Crippen LogP) is 3.04. The quantitative estimate of drug-likeness (QED) is 0.874. The molecule has 0 aliphatic heterocycles. The zero-order valence-corrected chi connectivity index (χ0v) is 9.78. The molecule has 0 aliphatic rings. The largest absolute Gasteiger partial charge is 0.328 e. The van der Waals surface area contributed by atoms with Gasteiger partial charge >= 0.3 is 0 Å². The second-order valence-electron chi connectivity index (χ2n) is 3.25. The minimum atomic E-state index is 0.283. The summed E-state index contributed by atoms with van der Waals surface area (Å²) in [6.45, 7) is 4.26. The van der Waals surface area contributed by atoms with E-state index in [4.69, 9.17) is 5.73 Å². The number of rotatable bonds is 3. The summed E-state index contributed by atoms with van der Waals surface area (Å²) in [6.07, 6.45) is 1.09. The lowest BCUT2D eigenvalue weighted by Crippen LogP contribution is -2.25. The summed E-state index contributed by atoms with van der Waals surface area (Å²) >= 11 is 5.24. The minimum Gasteiger partial charge on any atom is -0.328 e. The molecule has 0 aliphatic carbocycles. The third-order valence-corrected chi connectivity index (χ3v) is 3.70. The molecule has 0 saturated heterocycles. The standard InChI is InChI=1S/C9H14BrNS/c1-6(7(2)11)5-8-3-4-9(10)12-8/h3-4,6-7H,5,11H2,1-2H3. The highest BCUT2D eigenvalue weighted by atomic mass is 79.9. The molecule has 68 valence electrons. The van der Waals surface area contributed by atoms with Gasteiger partial charge < -0.3 is 5.73 Å². The maximum absolute atomic E-state index is 5.78. The van der Waals surface area contributed by atoms with Gasteiger partial charge in [0.05, 0.1) is 3.79 Å². The summed E-state index contributed by atoms with van der Waals surface area (Å²) in [5, 5.41) is 0. The van der Waals surface area contributed by atoms with E-state index >= 15 is 0 Å². The second-order valence-corrected chi connectivity index (χ2v) is 5.79. The first-order chi connectivity index (χ1) is 5.59. The van der Waals surface area contributed by atoms with Crippen LogP contribution < -0.4 is 5.73 Å². The predicted molar refractivity (Wildman–Crippen MR) is 58.5 cm³/mol. The maximum Gasteiger partial charge on any atom is 0.0701 e. The molecule has 3 heteroatoms. The van der Waals surface area contributed by atoms with Crippen LogP contribution >= 0.6 is 27.3 Å². The van der Waals surface area contributed by atoms with E-state index < -0.39 is 0 Å². The van der Waals surface area contributed by atoms with Crippen LogP contribution in [0.25, 0.3) is 0 Å². The van der Waals surface area contributed by atoms with Gasteiger partial charge in [-0.25, -0.2) is 0 Å². The summed E-state index contributed by atoms with van der Waals surface area (Å²) < 4.78 is 1.20. The van der Waals surface area contributed by atoms with Gasteiger partial charge in [-0.1, -0.05) is 6.92 Å². The third-order valence-electron chi connectivity index (χ3n) is 2.05. The van der Waals surface area contributed by atoms with Gasteiger partial charge in [0, 0.05) is 10.9 Å². The van der Waals surface area contributed by atoms with E-state index in [-0.39, 0.29) is 6.04 Å². The van der Waals surface area contributed by atoms with Crippen LogP contribution in [-0.4, -0.2) is 6.04 Å². The zero-order chi connectivity index (χ0) is 9.14. The van der Waals surface area contributed by atoms with Gasteiger partial charge in [0.15, 0.2) is 0 Å². The summed E-state index contributed by atoms with van der Waals surface area (Å²) in [4.78, 5) is 1.41. The van der Waals surface area contributed by atoms with Gasteiger partial charge in [-0.2, -0.15) is 0 Å². The van der Waals surface area contributed by atoms with Crippen molar-refractivity contribution in [2.75, 3.05) is 0 Å². The molecule has 0 saturated carbocycles. The van der Waals surface area contributed by atoms with Crippen molar-refractivity contribution in [1.82, 2.24) is 0 Å². The lowest BCUT2D eigenvalue weighted by molar-refractivity contribution is 0.485. The van der Waals surface area contributed by atoms with Crippen LogP contribution in [0, 0.1) is 5.92 Å². The first-order valence-electron chi connectivity index (χ1n) is 4.09. The summed E-state index contributed by atoms with van der Waals surface area (Å²) in [5.74, 6) is 0.565. The Labute approximate surface area is 86.1 Å². The molecule has 1 aromatic rings. The molecule has 0 spiro atoms. The highest BCUT2D eigenvalue weighted by Gasteiger charge is 2.09. The van der Waals surface area contributed by atoms with E-state index in [1.165, 1.54) is 8.66 Å². The fourth-order valence-electron chi connectivity index (χ4n) is 0.965. The number of nitrogens with two attached hydrogens (primary N) is 1. The highest BCUT2D eigenvalue weighted by molar-refractivity contribution is 9.11. The lowest BCUT2D eigenvalue weighted by Gasteiger charge is -2.13. The molecule has 0 aromatic carbocycles. The molecular weight excluding hydrogens is 234 g/mol. The molecule has 1 nitrogen and oxygen atoms in total. The van der Waals surface area contributed by atoms with Crippen molar-refractivity contribution in [3.05, 3.63) is 20.8 Å². The van der Waals surface area contributed by atoms with Crippen molar-refractivity contribution in [3.63, 3.8) is 0 Å². The van der Waals surface area contributed by atoms with E-state index in [2.05, 4.69) is 41.9 Å². The van der Waals surface area contributed by atoms with E-state index in [9.17, 15) is 0 Å². The zero-order valence-electron chi connectivity index (χ0n) is 7.38. The topological polar surface area (TPSA) is 26.0 Å². The molecule has 12 heavy (non-hydrogen) atoms. The Morgan fingerprint density at radius 1 is 1.50 bits per heavy atom. The number of halogens is 1. The Kier molecular flexibility index (Phi) is 3.75. The Morgan fingerprint density at radius 3 is 2.58 bits per heavy atom. The average molecular weight is 248 g/mol. The van der Waals surface area contributed by atoms with Crippen LogP contribution in [-0.2, 0) is 6.42 Å². The molecule has 2 unspecified atom stereocenters. The summed E-state index contributed by atoms with van der Waals surface area (Å²) in [6, 6.07) is 4.53. The molecule has 1 aromatic heterocycles. The van der Waals surface area contributed by atoms with Crippen molar-refractivity contribution in [2.45, 2.75) is 26.3 Å². The van der Waals surface area contributed by atoms with Crippen molar-refractivity contribution < 1.29 is 0 Å². The fraction of sp³-hybridized carbons (Fsp3) is 0.556. The van der Waals surface area contributed by atoms with Gasteiger partial charge in [0.1, 0.15) is 0 Å². The van der Waals surface area contributed by atoms with Crippen LogP contribution in [0.3, 0.4) is 0 Å². The van der Waals surface area contributed by atoms with Crippen molar-refractivity contribution >= 4 is 27.3 Å². The van der Waals surface area contributed by atoms with E-state index in [1.807, 2.05) is 0 Å². The Morgan fingerprint density at radius 2 is 2.17 bits per heavy atom. The first kappa shape index (κ1) is 10.2. The molecule has 1 heterocycles. The van der Waals surface area contributed by atoms with Gasteiger partial charge in [-0.3, -0.25) is 0 Å². The van der Waals surface area contributed by atoms with E-state index in [0.29, 0.717) is 5.92 Å². The monoisotopic (exact) mass is 247 g/mol. The van der Waals surface area contributed by atoms with E-state index in [0.717, 1.165) is 6.42 Å². The number of hydrogen-bond donors (Lipinski definition) is 1. The van der Waals surface area contributed by atoms with Crippen LogP contribution in [0.5, 0.6) is 0 Å². The van der Waals surface area contributed by atoms with Crippen molar-refractivity contribution in [3.8, 4) is 0 Å². The van der Waals surface area contributed by atoms with Crippen molar-refractivity contribution in [2.24, 2.45) is 11.7 Å². The summed E-state index contributed by atoms with van der Waals surface area (Å²) in [5.41, 5.74) is 5.78. The van der Waals surface area contributed by atoms with Gasteiger partial charge in [-0.05, 0) is 47.3 Å². The molecule has 0 radical (unpaired) electrons. The fourth-order valence-corrected chi connectivity index (χ4v) is 2.59. The highest BCUT2D eigenvalue weighted by Crippen LogP contribution is 2.24. The van der Waals surface area contributed by atoms with Gasteiger partial charge in [0.25, 0.3) is 0 Å². The Hall–Kier alpha value is 0.140. The number of thiophene rings is 1. The molecule has 1 rings (SSSR count). The van der Waals surface area contributed by atoms with Crippen LogP contribution in [0.15, 0.2) is 15.9 Å². The lowest BCUT2D eigenvalue weighted by atomic mass is 10.00. The average Bonchev–Trinajstić information content (AvgIpc) is 2.35. The van der Waals surface area contributed by atoms with Crippen molar-refractivity contribution in [1.29, 1.82) is 0 Å². The molecule has 2 N–H and O–H groups in total. The first-order valence-corrected chi connectivity index (χ1v) is 5.70. The van der Waals surface area contributed by atoms with E-state index in [1.54, 1.807) is 11.3 Å². The van der Waals surface area contributed by atoms with Crippen LogP contribution in [0.2, 0.25) is 0 Å². The Balaban J connectivity index is 2.52. The second kappa shape index (κ2) is 4.40. The number of hydrogen-bond acceptors (Lipinski definition) is 2. The minimum absolute atomic E-state index is 0.283. The maximum atomic E-state index is 5.78. The normalized spacial score (nSPS) is 16.0. The molecule has 2 atom stereocenters. The SMILES string of the molecule is CC(N)C(C)Cc1ccc(Br)s1. The third kappa shape index (κ3) is 2.88. The molecule has 0 fully saturated rings. The van der Waals surface area contributed by atoms with Crippen LogP contribution in [0.4, 0.5) is 0 Å². The smallest absolute Gasteiger partial charge is 0.0701 e. The van der Waals surface area contributed by atoms with Gasteiger partial charge in [0.2, 0.25) is 0 Å². The van der Waals surface area contributed by atoms with Gasteiger partial charge in [-0.15, -0.1) is 11.3 Å². The summed E-state index contributed by atoms with van der Waals surface area (Å²) in [7, 11) is 0. The molecular formula is C9H14BrNS.